The highest BCUT2D eigenvalue weighted by atomic mass is 19.3. The molecule has 0 amide bonds. The second-order valence-corrected chi connectivity index (χ2v) is 7.26. The maximum Gasteiger partial charge on any atom is 0.261 e. The predicted molar refractivity (Wildman–Crippen MR) is 105 cm³/mol. The first-order valence-corrected chi connectivity index (χ1v) is 9.55. The number of anilines is 2. The molecule has 0 bridgehead atoms. The molecule has 1 fully saturated rings. The Balaban J connectivity index is 1.68. The van der Waals surface area contributed by atoms with Crippen LogP contribution in [-0.2, 0) is 0 Å². The van der Waals surface area contributed by atoms with Gasteiger partial charge >= 0.3 is 0 Å². The summed E-state index contributed by atoms with van der Waals surface area (Å²) in [7, 11) is 0. The van der Waals surface area contributed by atoms with Crippen molar-refractivity contribution in [2.75, 3.05) is 5.32 Å². The number of nitrogens with one attached hydrogen (secondary N) is 2. The van der Waals surface area contributed by atoms with E-state index in [1.807, 2.05) is 10.7 Å². The molecule has 148 valence electrons. The number of pyridine rings is 1. The Morgan fingerprint density at radius 1 is 1.14 bits per heavy atom. The standard InChI is InChI=1S/C20H23F2N5O/c21-18(22)17(23)12-6-8-13(9-7-12)25-19-16-15(10-11-24-20(16)28)27(26-19)14-4-2-1-3-5-14/h6-11,14,17-18H,1-5,23H2,(H,24,28)(H,25,26). The fourth-order valence-corrected chi connectivity index (χ4v) is 3.86. The maximum atomic E-state index is 12.8. The lowest BCUT2D eigenvalue weighted by atomic mass is 9.95. The molecule has 0 spiro atoms. The van der Waals surface area contributed by atoms with Crippen LogP contribution in [0.4, 0.5) is 20.3 Å². The van der Waals surface area contributed by atoms with Crippen molar-refractivity contribution in [2.45, 2.75) is 50.6 Å². The minimum Gasteiger partial charge on any atom is -0.338 e. The summed E-state index contributed by atoms with van der Waals surface area (Å²) in [6.45, 7) is 0. The largest absolute Gasteiger partial charge is 0.338 e. The molecule has 6 nitrogen and oxygen atoms in total. The van der Waals surface area contributed by atoms with Crippen LogP contribution >= 0.6 is 0 Å². The van der Waals surface area contributed by atoms with Gasteiger partial charge in [-0.1, -0.05) is 31.4 Å². The highest BCUT2D eigenvalue weighted by molar-refractivity contribution is 5.91. The summed E-state index contributed by atoms with van der Waals surface area (Å²) in [6, 6.07) is 7.28. The number of fused-ring (bicyclic) bond motifs is 1. The fraction of sp³-hybridized carbons (Fsp3) is 0.400. The van der Waals surface area contributed by atoms with E-state index in [1.165, 1.54) is 6.42 Å². The zero-order valence-corrected chi connectivity index (χ0v) is 15.4. The molecule has 1 atom stereocenters. The van der Waals surface area contributed by atoms with Gasteiger partial charge in [-0.25, -0.2) is 8.78 Å². The van der Waals surface area contributed by atoms with Crippen LogP contribution in [-0.4, -0.2) is 21.2 Å². The molecule has 1 aliphatic rings. The molecule has 2 aromatic heterocycles. The van der Waals surface area contributed by atoms with E-state index in [0.717, 1.165) is 31.2 Å². The number of benzene rings is 1. The predicted octanol–water partition coefficient (Wildman–Crippen LogP) is 4.24. The van der Waals surface area contributed by atoms with Gasteiger partial charge in [-0.15, -0.1) is 0 Å². The third-order valence-electron chi connectivity index (χ3n) is 5.38. The van der Waals surface area contributed by atoms with Gasteiger partial charge in [0.1, 0.15) is 5.39 Å². The number of rotatable bonds is 5. The molecule has 4 rings (SSSR count). The van der Waals surface area contributed by atoms with E-state index in [1.54, 1.807) is 30.5 Å². The molecule has 0 radical (unpaired) electrons. The van der Waals surface area contributed by atoms with Gasteiger partial charge in [0, 0.05) is 11.9 Å². The quantitative estimate of drug-likeness (QED) is 0.611. The first-order chi connectivity index (χ1) is 13.5. The number of halogens is 2. The van der Waals surface area contributed by atoms with Crippen LogP contribution < -0.4 is 16.6 Å². The average Bonchev–Trinajstić information content (AvgIpc) is 3.08. The molecule has 1 aliphatic carbocycles. The summed E-state index contributed by atoms with van der Waals surface area (Å²) in [5.41, 5.74) is 7.09. The van der Waals surface area contributed by atoms with Gasteiger partial charge in [-0.05, 0) is 36.6 Å². The lowest BCUT2D eigenvalue weighted by Crippen LogP contribution is -2.18. The third kappa shape index (κ3) is 3.52. The number of hydrogen-bond acceptors (Lipinski definition) is 4. The Bertz CT molecular complexity index is 1010. The molecule has 8 heteroatoms. The second-order valence-electron chi connectivity index (χ2n) is 7.26. The normalized spacial score (nSPS) is 16.6. The summed E-state index contributed by atoms with van der Waals surface area (Å²) < 4.78 is 27.5. The van der Waals surface area contributed by atoms with E-state index < -0.39 is 12.5 Å². The summed E-state index contributed by atoms with van der Waals surface area (Å²) in [4.78, 5) is 15.2. The van der Waals surface area contributed by atoms with E-state index in [-0.39, 0.29) is 11.6 Å². The van der Waals surface area contributed by atoms with E-state index in [2.05, 4.69) is 10.3 Å². The Morgan fingerprint density at radius 2 is 1.86 bits per heavy atom. The van der Waals surface area contributed by atoms with E-state index in [4.69, 9.17) is 10.8 Å². The van der Waals surface area contributed by atoms with Crippen LogP contribution in [0.1, 0.15) is 49.8 Å². The molecule has 4 N–H and O–H groups in total. The van der Waals surface area contributed by atoms with Gasteiger partial charge in [0.2, 0.25) is 0 Å². The van der Waals surface area contributed by atoms with E-state index in [9.17, 15) is 13.6 Å². The molecule has 0 aliphatic heterocycles. The maximum absolute atomic E-state index is 12.8. The second kappa shape index (κ2) is 7.71. The van der Waals surface area contributed by atoms with Crippen molar-refractivity contribution in [1.82, 2.24) is 14.8 Å². The van der Waals surface area contributed by atoms with Gasteiger partial charge < -0.3 is 16.0 Å². The third-order valence-corrected chi connectivity index (χ3v) is 5.38. The number of aromatic nitrogens is 3. The van der Waals surface area contributed by atoms with Gasteiger partial charge in [0.25, 0.3) is 12.0 Å². The van der Waals surface area contributed by atoms with Crippen LogP contribution in [0.5, 0.6) is 0 Å². The lowest BCUT2D eigenvalue weighted by Gasteiger charge is -2.22. The highest BCUT2D eigenvalue weighted by Crippen LogP contribution is 2.33. The zero-order chi connectivity index (χ0) is 19.7. The molecule has 2 heterocycles. The number of nitrogens with two attached hydrogens (primary N) is 1. The topological polar surface area (TPSA) is 88.7 Å². The highest BCUT2D eigenvalue weighted by Gasteiger charge is 2.22. The first-order valence-electron chi connectivity index (χ1n) is 9.55. The number of hydrogen-bond donors (Lipinski definition) is 3. The van der Waals surface area contributed by atoms with Crippen LogP contribution in [0.3, 0.4) is 0 Å². The monoisotopic (exact) mass is 387 g/mol. The van der Waals surface area contributed by atoms with E-state index in [0.29, 0.717) is 22.5 Å². The molecule has 1 unspecified atom stereocenters. The fourth-order valence-electron chi connectivity index (χ4n) is 3.86. The van der Waals surface area contributed by atoms with Gasteiger partial charge in [0.15, 0.2) is 5.82 Å². The number of alkyl halides is 2. The van der Waals surface area contributed by atoms with Gasteiger partial charge in [-0.3, -0.25) is 9.48 Å². The molecule has 3 aromatic rings. The van der Waals surface area contributed by atoms with Crippen molar-refractivity contribution in [3.63, 3.8) is 0 Å². The molecule has 0 saturated heterocycles. The number of H-pyrrole nitrogens is 1. The average molecular weight is 387 g/mol. The minimum atomic E-state index is -2.62. The zero-order valence-electron chi connectivity index (χ0n) is 15.4. The Kier molecular flexibility index (Phi) is 5.13. The molecular weight excluding hydrogens is 364 g/mol. The smallest absolute Gasteiger partial charge is 0.261 e. The van der Waals surface area contributed by atoms with Gasteiger partial charge in [0.05, 0.1) is 17.6 Å². The van der Waals surface area contributed by atoms with E-state index >= 15 is 0 Å². The summed E-state index contributed by atoms with van der Waals surface area (Å²) >= 11 is 0. The van der Waals surface area contributed by atoms with Crippen LogP contribution in [0, 0.1) is 0 Å². The lowest BCUT2D eigenvalue weighted by molar-refractivity contribution is 0.116. The van der Waals surface area contributed by atoms with Gasteiger partial charge in [-0.2, -0.15) is 5.10 Å². The Labute approximate surface area is 160 Å². The van der Waals surface area contributed by atoms with Crippen LogP contribution in [0.25, 0.3) is 10.9 Å². The first kappa shape index (κ1) is 18.6. The van der Waals surface area contributed by atoms with Crippen molar-refractivity contribution in [3.05, 3.63) is 52.4 Å². The Morgan fingerprint density at radius 3 is 2.54 bits per heavy atom. The van der Waals surface area contributed by atoms with Crippen molar-refractivity contribution >= 4 is 22.4 Å². The molecule has 1 saturated carbocycles. The minimum absolute atomic E-state index is 0.210. The molecule has 28 heavy (non-hydrogen) atoms. The van der Waals surface area contributed by atoms with Crippen molar-refractivity contribution in [2.24, 2.45) is 5.73 Å². The molecule has 1 aromatic carbocycles. The van der Waals surface area contributed by atoms with Crippen molar-refractivity contribution in [1.29, 1.82) is 0 Å². The Hall–Kier alpha value is -2.74. The number of aromatic amines is 1. The SMILES string of the molecule is NC(c1ccc(Nc2nn(C3CCCCC3)c3cc[nH]c(=O)c23)cc1)C(F)F. The van der Waals surface area contributed by atoms with Crippen molar-refractivity contribution < 1.29 is 8.78 Å². The summed E-state index contributed by atoms with van der Waals surface area (Å²) in [5.74, 6) is 0.466. The number of nitrogens with zero attached hydrogens (tertiary/aromatic N) is 2. The summed E-state index contributed by atoms with van der Waals surface area (Å²) in [5, 5.41) is 8.36. The van der Waals surface area contributed by atoms with Crippen molar-refractivity contribution in [3.8, 4) is 0 Å². The van der Waals surface area contributed by atoms with Crippen LogP contribution in [0.15, 0.2) is 41.3 Å². The summed E-state index contributed by atoms with van der Waals surface area (Å²) in [6.07, 6.45) is 4.65. The molecular formula is C20H23F2N5O. The van der Waals surface area contributed by atoms with Crippen LogP contribution in [0.2, 0.25) is 0 Å².